The summed E-state index contributed by atoms with van der Waals surface area (Å²) in [5.74, 6) is -0.117. The Morgan fingerprint density at radius 3 is 1.92 bits per heavy atom. The van der Waals surface area contributed by atoms with Crippen LogP contribution in [-0.4, -0.2) is 34.3 Å². The number of nitrogens with zero attached hydrogens (tertiary/aromatic N) is 2. The number of hydrogen-bond donors (Lipinski definition) is 2. The van der Waals surface area contributed by atoms with Crippen LogP contribution in [0.1, 0.15) is 47.1 Å². The number of rotatable bonds is 4. The van der Waals surface area contributed by atoms with Crippen LogP contribution >= 0.6 is 23.2 Å². The van der Waals surface area contributed by atoms with Gasteiger partial charge in [0, 0.05) is 33.9 Å². The van der Waals surface area contributed by atoms with Gasteiger partial charge in [-0.25, -0.2) is 9.59 Å². The summed E-state index contributed by atoms with van der Waals surface area (Å²) >= 11 is 12.2. The number of aromatic nitrogens is 1. The van der Waals surface area contributed by atoms with E-state index >= 15 is 0 Å². The predicted octanol–water partition coefficient (Wildman–Crippen LogP) is 7.63. The fourth-order valence-corrected chi connectivity index (χ4v) is 3.62. The fraction of sp³-hybridized carbons (Fsp3) is 0.310. The molecule has 0 aliphatic heterocycles. The number of carbonyl (C=O) groups excluding carboxylic acids is 2. The number of ether oxygens (including phenoxy) is 2. The van der Waals surface area contributed by atoms with E-state index < -0.39 is 23.4 Å². The Bertz CT molecular complexity index is 1340. The highest BCUT2D eigenvalue weighted by Crippen LogP contribution is 2.32. The van der Waals surface area contributed by atoms with Crippen molar-refractivity contribution in [3.63, 3.8) is 0 Å². The molecular weight excluding hydrogens is 539 g/mol. The van der Waals surface area contributed by atoms with Gasteiger partial charge in [-0.3, -0.25) is 10.3 Å². The summed E-state index contributed by atoms with van der Waals surface area (Å²) in [7, 11) is 0. The SMILES string of the molecule is CC(C)(C)OC(=O)N=C(NCc1cnc(-c2ccc(Cl)cc2)c(-c2ccc(Cl)cc2)c1)NC(=O)OC(C)(C)C. The number of carbonyl (C=O) groups is 2. The second-order valence-corrected chi connectivity index (χ2v) is 11.5. The van der Waals surface area contributed by atoms with E-state index in [1.165, 1.54) is 0 Å². The first-order chi connectivity index (χ1) is 18.2. The van der Waals surface area contributed by atoms with Gasteiger partial charge in [0.25, 0.3) is 0 Å². The maximum Gasteiger partial charge on any atom is 0.437 e. The highest BCUT2D eigenvalue weighted by Gasteiger charge is 2.20. The van der Waals surface area contributed by atoms with Crippen molar-refractivity contribution in [1.82, 2.24) is 15.6 Å². The highest BCUT2D eigenvalue weighted by molar-refractivity contribution is 6.31. The lowest BCUT2D eigenvalue weighted by Gasteiger charge is -2.21. The molecule has 10 heteroatoms. The zero-order chi connectivity index (χ0) is 28.8. The molecule has 0 saturated carbocycles. The average molecular weight is 572 g/mol. The van der Waals surface area contributed by atoms with E-state index in [0.29, 0.717) is 10.0 Å². The van der Waals surface area contributed by atoms with Crippen LogP contribution in [0.5, 0.6) is 0 Å². The third kappa shape index (κ3) is 9.89. The van der Waals surface area contributed by atoms with Crippen LogP contribution in [0, 0.1) is 0 Å². The maximum absolute atomic E-state index is 12.4. The third-order valence-corrected chi connectivity index (χ3v) is 5.40. The Hall–Kier alpha value is -3.62. The highest BCUT2D eigenvalue weighted by atomic mass is 35.5. The first kappa shape index (κ1) is 29.9. The lowest BCUT2D eigenvalue weighted by atomic mass is 9.98. The topological polar surface area (TPSA) is 102 Å². The van der Waals surface area contributed by atoms with Crippen molar-refractivity contribution in [3.8, 4) is 22.4 Å². The summed E-state index contributed by atoms with van der Waals surface area (Å²) in [4.78, 5) is 33.4. The lowest BCUT2D eigenvalue weighted by Crippen LogP contribution is -2.44. The largest absolute Gasteiger partial charge is 0.444 e. The molecule has 2 amide bonds. The average Bonchev–Trinajstić information content (AvgIpc) is 2.81. The number of pyridine rings is 1. The maximum atomic E-state index is 12.4. The van der Waals surface area contributed by atoms with Crippen LogP contribution in [0.4, 0.5) is 9.59 Å². The van der Waals surface area contributed by atoms with Gasteiger partial charge in [0.1, 0.15) is 11.2 Å². The molecule has 1 aromatic heterocycles. The summed E-state index contributed by atoms with van der Waals surface area (Å²) in [6, 6.07) is 16.8. The minimum absolute atomic E-state index is 0.117. The Morgan fingerprint density at radius 1 is 0.846 bits per heavy atom. The van der Waals surface area contributed by atoms with E-state index in [1.807, 2.05) is 42.5 Å². The van der Waals surface area contributed by atoms with Gasteiger partial charge in [0.15, 0.2) is 0 Å². The first-order valence-corrected chi connectivity index (χ1v) is 13.0. The second-order valence-electron chi connectivity index (χ2n) is 10.7. The molecule has 0 aliphatic rings. The molecule has 206 valence electrons. The first-order valence-electron chi connectivity index (χ1n) is 12.2. The van der Waals surface area contributed by atoms with Gasteiger partial charge in [0.2, 0.25) is 5.96 Å². The number of nitrogens with one attached hydrogen (secondary N) is 2. The molecule has 0 unspecified atom stereocenters. The summed E-state index contributed by atoms with van der Waals surface area (Å²) in [6.45, 7) is 10.6. The van der Waals surface area contributed by atoms with Crippen molar-refractivity contribution >= 4 is 41.3 Å². The Labute approximate surface area is 238 Å². The predicted molar refractivity (Wildman–Crippen MR) is 155 cm³/mol. The van der Waals surface area contributed by atoms with Crippen LogP contribution in [0.15, 0.2) is 65.8 Å². The van der Waals surface area contributed by atoms with E-state index in [2.05, 4.69) is 15.6 Å². The number of hydrogen-bond acceptors (Lipinski definition) is 5. The summed E-state index contributed by atoms with van der Waals surface area (Å²) in [5.41, 5.74) is 2.69. The van der Waals surface area contributed by atoms with Gasteiger partial charge < -0.3 is 14.8 Å². The summed E-state index contributed by atoms with van der Waals surface area (Å²) in [5, 5.41) is 6.71. The molecule has 3 aromatic rings. The van der Waals surface area contributed by atoms with E-state index in [4.69, 9.17) is 37.7 Å². The van der Waals surface area contributed by atoms with Crippen molar-refractivity contribution in [2.75, 3.05) is 0 Å². The van der Waals surface area contributed by atoms with Gasteiger partial charge in [-0.15, -0.1) is 4.99 Å². The molecule has 0 spiro atoms. The number of aliphatic imine (C=N–C) groups is 1. The molecule has 8 nitrogen and oxygen atoms in total. The minimum atomic E-state index is -0.862. The minimum Gasteiger partial charge on any atom is -0.444 e. The standard InChI is InChI=1S/C29H32Cl2N4O4/c1-28(2,3)38-26(36)34-25(35-27(37)39-29(4,5)6)33-17-18-15-23(19-7-11-21(30)12-8-19)24(32-16-18)20-9-13-22(31)14-10-20/h7-16H,17H2,1-6H3,(H2,33,34,35,36,37). The van der Waals surface area contributed by atoms with Crippen LogP contribution in [0.3, 0.4) is 0 Å². The number of guanidine groups is 1. The van der Waals surface area contributed by atoms with Gasteiger partial charge in [0.05, 0.1) is 5.69 Å². The molecule has 2 N–H and O–H groups in total. The Morgan fingerprint density at radius 2 is 1.38 bits per heavy atom. The number of benzene rings is 2. The van der Waals surface area contributed by atoms with Crippen molar-refractivity contribution in [2.24, 2.45) is 4.99 Å². The second kappa shape index (κ2) is 12.5. The van der Waals surface area contributed by atoms with Gasteiger partial charge >= 0.3 is 12.2 Å². The van der Waals surface area contributed by atoms with Crippen LogP contribution in [0.25, 0.3) is 22.4 Å². The van der Waals surface area contributed by atoms with Gasteiger partial charge in [-0.05, 0) is 83.0 Å². The van der Waals surface area contributed by atoms with E-state index in [0.717, 1.165) is 27.9 Å². The quantitative estimate of drug-likeness (QED) is 0.247. The molecule has 3 rings (SSSR count). The number of alkyl carbamates (subject to hydrolysis) is 1. The monoisotopic (exact) mass is 570 g/mol. The van der Waals surface area contributed by atoms with Crippen LogP contribution in [-0.2, 0) is 16.0 Å². The van der Waals surface area contributed by atoms with Gasteiger partial charge in [-0.1, -0.05) is 47.5 Å². The summed E-state index contributed by atoms with van der Waals surface area (Å²) in [6.07, 6.45) is 0.0732. The van der Waals surface area contributed by atoms with E-state index in [9.17, 15) is 9.59 Å². The van der Waals surface area contributed by atoms with Gasteiger partial charge in [-0.2, -0.15) is 0 Å². The van der Waals surface area contributed by atoms with Crippen LogP contribution < -0.4 is 10.6 Å². The molecule has 2 aromatic carbocycles. The number of amides is 2. The van der Waals surface area contributed by atoms with Crippen molar-refractivity contribution in [2.45, 2.75) is 59.3 Å². The molecule has 0 bridgehead atoms. The zero-order valence-electron chi connectivity index (χ0n) is 22.8. The molecule has 0 aliphatic carbocycles. The molecule has 39 heavy (non-hydrogen) atoms. The molecule has 0 radical (unpaired) electrons. The van der Waals surface area contributed by atoms with E-state index in [1.54, 1.807) is 59.9 Å². The zero-order valence-corrected chi connectivity index (χ0v) is 24.3. The molecule has 0 atom stereocenters. The van der Waals surface area contributed by atoms with Crippen molar-refractivity contribution in [3.05, 3.63) is 76.4 Å². The number of halogens is 2. The van der Waals surface area contributed by atoms with Crippen LogP contribution in [0.2, 0.25) is 10.0 Å². The smallest absolute Gasteiger partial charge is 0.437 e. The van der Waals surface area contributed by atoms with E-state index in [-0.39, 0.29) is 12.5 Å². The third-order valence-electron chi connectivity index (χ3n) is 4.89. The Kier molecular flexibility index (Phi) is 9.59. The van der Waals surface area contributed by atoms with Crippen molar-refractivity contribution in [1.29, 1.82) is 0 Å². The molecular formula is C29H32Cl2N4O4. The summed E-state index contributed by atoms with van der Waals surface area (Å²) < 4.78 is 10.6. The molecule has 0 fully saturated rings. The fourth-order valence-electron chi connectivity index (χ4n) is 3.37. The normalized spacial score (nSPS) is 12.1. The van der Waals surface area contributed by atoms with Crippen molar-refractivity contribution < 1.29 is 19.1 Å². The molecule has 1 heterocycles. The molecule has 0 saturated heterocycles. The Balaban J connectivity index is 1.91. The lowest BCUT2D eigenvalue weighted by molar-refractivity contribution is 0.0560.